The maximum atomic E-state index is 13.2. The molecule has 0 aliphatic heterocycles. The second kappa shape index (κ2) is 9.02. The molecule has 1 aromatic heterocycles. The van der Waals surface area contributed by atoms with Crippen LogP contribution >= 0.6 is 11.6 Å². The normalized spacial score (nSPS) is 17.2. The summed E-state index contributed by atoms with van der Waals surface area (Å²) in [7, 11) is 0. The zero-order chi connectivity index (χ0) is 24.6. The van der Waals surface area contributed by atoms with E-state index in [1.165, 1.54) is 11.9 Å². The fourth-order valence-corrected chi connectivity index (χ4v) is 4.42. The summed E-state index contributed by atoms with van der Waals surface area (Å²) in [4.78, 5) is 41.4. The van der Waals surface area contributed by atoms with Gasteiger partial charge in [0.25, 0.3) is 5.91 Å². The van der Waals surface area contributed by atoms with Crippen LogP contribution in [0.2, 0.25) is 5.02 Å². The van der Waals surface area contributed by atoms with Crippen molar-refractivity contribution >= 4 is 40.4 Å². The van der Waals surface area contributed by atoms with Gasteiger partial charge in [-0.25, -0.2) is 15.2 Å². The molecule has 178 valence electrons. The van der Waals surface area contributed by atoms with E-state index in [-0.39, 0.29) is 11.8 Å². The fourth-order valence-electron chi connectivity index (χ4n) is 4.24. The van der Waals surface area contributed by atoms with Crippen molar-refractivity contribution in [3.05, 3.63) is 70.4 Å². The molecule has 0 saturated heterocycles. The Balaban J connectivity index is 1.61. The molecule has 3 N–H and O–H groups in total. The van der Waals surface area contributed by atoms with Crippen molar-refractivity contribution in [2.45, 2.75) is 51.8 Å². The van der Waals surface area contributed by atoms with Crippen molar-refractivity contribution in [2.75, 3.05) is 0 Å². The lowest BCUT2D eigenvalue weighted by molar-refractivity contribution is -0.135. The highest BCUT2D eigenvalue weighted by molar-refractivity contribution is 6.31. The summed E-state index contributed by atoms with van der Waals surface area (Å²) < 4.78 is 5.35. The number of nitrogens with zero attached hydrogens (tertiary/aromatic N) is 1. The van der Waals surface area contributed by atoms with Gasteiger partial charge in [0.15, 0.2) is 0 Å². The lowest BCUT2D eigenvalue weighted by Gasteiger charge is -2.33. The van der Waals surface area contributed by atoms with Crippen LogP contribution in [0.3, 0.4) is 0 Å². The minimum atomic E-state index is -0.746. The second-order valence-electron chi connectivity index (χ2n) is 9.35. The van der Waals surface area contributed by atoms with E-state index in [0.29, 0.717) is 17.1 Å². The van der Waals surface area contributed by atoms with E-state index < -0.39 is 23.8 Å². The first-order valence-electron chi connectivity index (χ1n) is 11.0. The Hall–Kier alpha value is -3.52. The van der Waals surface area contributed by atoms with Crippen LogP contribution in [0.15, 0.2) is 48.5 Å². The lowest BCUT2D eigenvalue weighted by Crippen LogP contribution is -2.54. The number of hydrazine groups is 1. The average Bonchev–Trinajstić information content (AvgIpc) is 3.31. The number of halogens is 1. The van der Waals surface area contributed by atoms with Crippen molar-refractivity contribution in [1.29, 1.82) is 0 Å². The molecule has 2 aromatic carbocycles. The van der Waals surface area contributed by atoms with Crippen molar-refractivity contribution < 1.29 is 19.1 Å². The van der Waals surface area contributed by atoms with E-state index in [1.807, 2.05) is 30.3 Å². The van der Waals surface area contributed by atoms with Crippen molar-refractivity contribution in [3.63, 3.8) is 0 Å². The molecule has 34 heavy (non-hydrogen) atoms. The monoisotopic (exact) mass is 482 g/mol. The Morgan fingerprint density at radius 1 is 1.12 bits per heavy atom. The molecule has 0 unspecified atom stereocenters. The van der Waals surface area contributed by atoms with E-state index >= 15 is 0 Å². The summed E-state index contributed by atoms with van der Waals surface area (Å²) in [6.45, 7) is 6.59. The van der Waals surface area contributed by atoms with E-state index in [2.05, 4.69) is 15.7 Å². The van der Waals surface area contributed by atoms with Gasteiger partial charge in [-0.05, 0) is 62.6 Å². The second-order valence-corrected chi connectivity index (χ2v) is 9.78. The van der Waals surface area contributed by atoms with Gasteiger partial charge < -0.3 is 15.0 Å². The molecule has 3 aromatic rings. The Bertz CT molecular complexity index is 1260. The average molecular weight is 483 g/mol. The fraction of sp³-hybridized carbons (Fsp3) is 0.320. The van der Waals surface area contributed by atoms with E-state index in [4.69, 9.17) is 16.3 Å². The zero-order valence-corrected chi connectivity index (χ0v) is 20.2. The van der Waals surface area contributed by atoms with Gasteiger partial charge in [-0.2, -0.15) is 0 Å². The number of nitrogens with one attached hydrogen (secondary N) is 3. The molecule has 0 saturated carbocycles. The van der Waals surface area contributed by atoms with Crippen LogP contribution < -0.4 is 10.7 Å². The van der Waals surface area contributed by atoms with Crippen LogP contribution in [-0.2, 0) is 16.0 Å². The smallest absolute Gasteiger partial charge is 0.426 e. The highest BCUT2D eigenvalue weighted by Crippen LogP contribution is 2.35. The number of benzene rings is 2. The van der Waals surface area contributed by atoms with Gasteiger partial charge >= 0.3 is 6.09 Å². The standard InChI is InChI=1S/C25H27ClN4O4/c1-14(31)30(29-24(33)34-25(2,3)4)22-18-8-6-5-7-15(18)12-20(22)28-23(32)21-13-16-11-17(26)9-10-19(16)27-21/h5-11,13,20,22,27H,12H2,1-4H3,(H,28,32)(H,29,33)/t20-,22-/m1/s1. The molecule has 9 heteroatoms. The number of H-pyrrole nitrogens is 1. The van der Waals surface area contributed by atoms with Crippen LogP contribution in [0, 0.1) is 0 Å². The Morgan fingerprint density at radius 3 is 2.56 bits per heavy atom. The topological polar surface area (TPSA) is 104 Å². The predicted molar refractivity (Wildman–Crippen MR) is 129 cm³/mol. The third-order valence-electron chi connectivity index (χ3n) is 5.57. The molecule has 3 amide bonds. The molecule has 2 atom stereocenters. The van der Waals surface area contributed by atoms with E-state index in [9.17, 15) is 14.4 Å². The van der Waals surface area contributed by atoms with Crippen LogP contribution in [0.4, 0.5) is 4.79 Å². The van der Waals surface area contributed by atoms with Crippen molar-refractivity contribution in [3.8, 4) is 0 Å². The van der Waals surface area contributed by atoms with Gasteiger partial charge in [-0.3, -0.25) is 9.59 Å². The third-order valence-corrected chi connectivity index (χ3v) is 5.80. The van der Waals surface area contributed by atoms with Crippen LogP contribution in [-0.4, -0.2) is 39.5 Å². The number of ether oxygens (including phenoxy) is 1. The van der Waals surface area contributed by atoms with Gasteiger partial charge in [0, 0.05) is 22.8 Å². The van der Waals surface area contributed by atoms with Crippen LogP contribution in [0.1, 0.15) is 55.4 Å². The van der Waals surface area contributed by atoms with Gasteiger partial charge in [0.05, 0.1) is 12.1 Å². The Labute approximate surface area is 202 Å². The molecule has 8 nitrogen and oxygen atoms in total. The van der Waals surface area contributed by atoms with E-state index in [0.717, 1.165) is 22.0 Å². The summed E-state index contributed by atoms with van der Waals surface area (Å²) in [6, 6.07) is 13.6. The van der Waals surface area contributed by atoms with Crippen molar-refractivity contribution in [1.82, 2.24) is 20.7 Å². The summed E-state index contributed by atoms with van der Waals surface area (Å²) in [6.07, 6.45) is -0.247. The first-order valence-corrected chi connectivity index (χ1v) is 11.4. The molecule has 1 heterocycles. The number of amides is 3. The number of carbonyl (C=O) groups is 3. The summed E-state index contributed by atoms with van der Waals surface area (Å²) in [5.74, 6) is -0.706. The number of aromatic nitrogens is 1. The number of hydrogen-bond acceptors (Lipinski definition) is 4. The number of hydrogen-bond donors (Lipinski definition) is 3. The third kappa shape index (κ3) is 5.02. The summed E-state index contributed by atoms with van der Waals surface area (Å²) in [5.41, 5.74) is 4.85. The Kier molecular flexibility index (Phi) is 6.27. The number of carbonyl (C=O) groups excluding carboxylic acids is 3. The predicted octanol–water partition coefficient (Wildman–Crippen LogP) is 4.51. The number of fused-ring (bicyclic) bond motifs is 2. The number of aromatic amines is 1. The minimum Gasteiger partial charge on any atom is -0.443 e. The molecule has 0 radical (unpaired) electrons. The first-order chi connectivity index (χ1) is 16.0. The largest absolute Gasteiger partial charge is 0.443 e. The molecular formula is C25H27ClN4O4. The van der Waals surface area contributed by atoms with E-state index in [1.54, 1.807) is 39.0 Å². The zero-order valence-electron chi connectivity index (χ0n) is 19.4. The molecule has 4 rings (SSSR count). The molecule has 1 aliphatic rings. The molecule has 0 bridgehead atoms. The van der Waals surface area contributed by atoms with Gasteiger partial charge in [-0.1, -0.05) is 35.9 Å². The quantitative estimate of drug-likeness (QED) is 0.478. The van der Waals surface area contributed by atoms with Crippen LogP contribution in [0.5, 0.6) is 0 Å². The molecule has 0 spiro atoms. The van der Waals surface area contributed by atoms with Gasteiger partial charge in [0.1, 0.15) is 11.3 Å². The summed E-state index contributed by atoms with van der Waals surface area (Å²) in [5, 5.41) is 5.67. The SMILES string of the molecule is CC(=O)N(NC(=O)OC(C)(C)C)[C@@H]1c2ccccc2C[C@H]1NC(=O)c1cc2cc(Cl)ccc2[nH]1. The Morgan fingerprint density at radius 2 is 1.85 bits per heavy atom. The van der Waals surface area contributed by atoms with Gasteiger partial charge in [0.2, 0.25) is 5.91 Å². The molecular weight excluding hydrogens is 456 g/mol. The highest BCUT2D eigenvalue weighted by Gasteiger charge is 2.40. The number of rotatable bonds is 3. The first kappa shape index (κ1) is 23.6. The highest BCUT2D eigenvalue weighted by atomic mass is 35.5. The maximum absolute atomic E-state index is 13.2. The minimum absolute atomic E-state index is 0.323. The molecule has 1 aliphatic carbocycles. The lowest BCUT2D eigenvalue weighted by atomic mass is 10.1. The van der Waals surface area contributed by atoms with Crippen LogP contribution in [0.25, 0.3) is 10.9 Å². The van der Waals surface area contributed by atoms with Crippen molar-refractivity contribution in [2.24, 2.45) is 0 Å². The summed E-state index contributed by atoms with van der Waals surface area (Å²) >= 11 is 6.07. The maximum Gasteiger partial charge on any atom is 0.426 e. The van der Waals surface area contributed by atoms with Gasteiger partial charge in [-0.15, -0.1) is 0 Å². The molecule has 0 fully saturated rings.